The summed E-state index contributed by atoms with van der Waals surface area (Å²) in [6.45, 7) is 1.07. The number of piperidine rings is 1. The van der Waals surface area contributed by atoms with Crippen LogP contribution in [-0.2, 0) is 9.59 Å². The fourth-order valence-electron chi connectivity index (χ4n) is 5.47. The van der Waals surface area contributed by atoms with Gasteiger partial charge < -0.3 is 15.1 Å². The molecule has 6 rings (SSSR count). The first kappa shape index (κ1) is 25.2. The largest absolute Gasteiger partial charge is 0.355 e. The number of nitrogens with one attached hydrogen (secondary N) is 1. The number of nitrogens with zero attached hydrogens (tertiary/aromatic N) is 4. The summed E-state index contributed by atoms with van der Waals surface area (Å²) in [5, 5.41) is 2.57. The lowest BCUT2D eigenvalue weighted by atomic mass is 9.98. The third-order valence-electron chi connectivity index (χ3n) is 7.66. The topological polar surface area (TPSA) is 78.4 Å². The predicted octanol–water partition coefficient (Wildman–Crippen LogP) is 5.01. The van der Waals surface area contributed by atoms with Gasteiger partial charge in [0.2, 0.25) is 17.8 Å². The Kier molecular flexibility index (Phi) is 5.81. The molecule has 2 aliphatic heterocycles. The van der Waals surface area contributed by atoms with Crippen molar-refractivity contribution < 1.29 is 31.5 Å². The van der Waals surface area contributed by atoms with Crippen LogP contribution >= 0.6 is 0 Å². The van der Waals surface area contributed by atoms with Gasteiger partial charge in [-0.3, -0.25) is 14.6 Å². The Morgan fingerprint density at radius 2 is 1.85 bits per heavy atom. The highest BCUT2D eigenvalue weighted by atomic mass is 19.3. The summed E-state index contributed by atoms with van der Waals surface area (Å²) in [5.41, 5.74) is 0.719. The van der Waals surface area contributed by atoms with Crippen LogP contribution < -0.4 is 15.1 Å². The van der Waals surface area contributed by atoms with E-state index in [1.165, 1.54) is 36.5 Å². The van der Waals surface area contributed by atoms with E-state index in [4.69, 9.17) is 0 Å². The highest BCUT2D eigenvalue weighted by molar-refractivity contribution is 6.09. The summed E-state index contributed by atoms with van der Waals surface area (Å²) in [5.74, 6) is -7.23. The van der Waals surface area contributed by atoms with E-state index in [1.807, 2.05) is 0 Å². The summed E-state index contributed by atoms with van der Waals surface area (Å²) in [7, 11) is 0. The van der Waals surface area contributed by atoms with Crippen molar-refractivity contribution in [1.29, 1.82) is 0 Å². The van der Waals surface area contributed by atoms with Crippen molar-refractivity contribution in [3.8, 4) is 11.1 Å². The Bertz CT molecular complexity index is 1470. The Morgan fingerprint density at radius 1 is 1.15 bits per heavy atom. The minimum atomic E-state index is -2.74. The van der Waals surface area contributed by atoms with Gasteiger partial charge in [-0.1, -0.05) is 18.2 Å². The molecule has 0 bridgehead atoms. The van der Waals surface area contributed by atoms with Gasteiger partial charge in [-0.2, -0.15) is 4.39 Å². The van der Waals surface area contributed by atoms with Gasteiger partial charge >= 0.3 is 0 Å². The molecular formula is C27H22F5N5O2. The number of amides is 2. The SMILES string of the molecule is C[C@@H]1C(=O)N(CC(=O)Nc2ccc(C(F)F)cc2)c2cc(N3CC4C(C3)C4(F)F)nc(F)c2-c2cccnc21. The van der Waals surface area contributed by atoms with Crippen LogP contribution in [0, 0.1) is 17.8 Å². The number of aromatic nitrogens is 2. The van der Waals surface area contributed by atoms with E-state index in [-0.39, 0.29) is 41.4 Å². The summed E-state index contributed by atoms with van der Waals surface area (Å²) >= 11 is 0. The lowest BCUT2D eigenvalue weighted by Crippen LogP contribution is -2.40. The molecule has 1 N–H and O–H groups in total. The molecule has 1 saturated heterocycles. The second kappa shape index (κ2) is 8.99. The molecule has 2 amide bonds. The second-order valence-electron chi connectivity index (χ2n) is 10.0. The molecule has 4 heterocycles. The first-order valence-electron chi connectivity index (χ1n) is 12.3. The first-order valence-corrected chi connectivity index (χ1v) is 12.3. The molecule has 1 saturated carbocycles. The molecule has 1 aliphatic carbocycles. The number of carbonyl (C=O) groups is 2. The molecule has 2 unspecified atom stereocenters. The molecule has 2 aromatic heterocycles. The van der Waals surface area contributed by atoms with E-state index in [0.717, 1.165) is 4.90 Å². The van der Waals surface area contributed by atoms with E-state index < -0.39 is 54.4 Å². The molecule has 7 nitrogen and oxygen atoms in total. The van der Waals surface area contributed by atoms with Gasteiger partial charge in [-0.05, 0) is 25.1 Å². The van der Waals surface area contributed by atoms with E-state index in [1.54, 1.807) is 24.0 Å². The van der Waals surface area contributed by atoms with Crippen LogP contribution in [-0.4, -0.2) is 47.3 Å². The van der Waals surface area contributed by atoms with Crippen molar-refractivity contribution in [3.63, 3.8) is 0 Å². The molecular weight excluding hydrogens is 521 g/mol. The standard InChI is InChI=1S/C27H22F5N5O2/c1-13-23-16(3-2-8-33-23)22-19(9-20(35-25(22)30)36-10-17-18(11-36)27(17,31)32)37(26(13)39)12-21(38)34-15-6-4-14(5-7-15)24(28)29/h2-9,13,17-18,24H,10-12H2,1H3,(H,34,38)/t13-,17?,18?/m0/s1. The number of pyridine rings is 2. The number of fused-ring (bicyclic) bond motifs is 4. The third-order valence-corrected chi connectivity index (χ3v) is 7.66. The van der Waals surface area contributed by atoms with Gasteiger partial charge in [-0.25, -0.2) is 22.5 Å². The maximum Gasteiger partial charge on any atom is 0.263 e. The van der Waals surface area contributed by atoms with E-state index in [0.29, 0.717) is 11.3 Å². The summed E-state index contributed by atoms with van der Waals surface area (Å²) in [6, 6.07) is 9.62. The van der Waals surface area contributed by atoms with Crippen LogP contribution in [0.15, 0.2) is 48.7 Å². The highest BCUT2D eigenvalue weighted by Gasteiger charge is 2.71. The number of rotatable bonds is 5. The lowest BCUT2D eigenvalue weighted by molar-refractivity contribution is -0.122. The van der Waals surface area contributed by atoms with Gasteiger partial charge in [0.1, 0.15) is 12.4 Å². The van der Waals surface area contributed by atoms with Crippen molar-refractivity contribution in [2.45, 2.75) is 25.2 Å². The summed E-state index contributed by atoms with van der Waals surface area (Å²) < 4.78 is 69.0. The van der Waals surface area contributed by atoms with Crippen molar-refractivity contribution in [3.05, 3.63) is 65.9 Å². The minimum Gasteiger partial charge on any atom is -0.355 e. The van der Waals surface area contributed by atoms with E-state index >= 15 is 4.39 Å². The van der Waals surface area contributed by atoms with Gasteiger partial charge in [0.15, 0.2) is 0 Å². The Hall–Kier alpha value is -4.09. The molecule has 202 valence electrons. The first-order chi connectivity index (χ1) is 18.6. The van der Waals surface area contributed by atoms with Crippen LogP contribution in [0.25, 0.3) is 11.1 Å². The predicted molar refractivity (Wildman–Crippen MR) is 132 cm³/mol. The maximum atomic E-state index is 15.7. The molecule has 3 atom stereocenters. The lowest BCUT2D eigenvalue weighted by Gasteiger charge is -2.27. The van der Waals surface area contributed by atoms with Crippen LogP contribution in [0.3, 0.4) is 0 Å². The van der Waals surface area contributed by atoms with Gasteiger partial charge in [0.05, 0.1) is 34.7 Å². The number of hydrogen-bond acceptors (Lipinski definition) is 5. The van der Waals surface area contributed by atoms with Crippen LogP contribution in [0.5, 0.6) is 0 Å². The number of alkyl halides is 4. The zero-order chi connectivity index (χ0) is 27.6. The van der Waals surface area contributed by atoms with Crippen molar-refractivity contribution in [2.75, 3.05) is 34.8 Å². The van der Waals surface area contributed by atoms with Gasteiger partial charge in [0, 0.05) is 42.2 Å². The molecule has 0 spiro atoms. The van der Waals surface area contributed by atoms with Crippen molar-refractivity contribution >= 4 is 29.0 Å². The summed E-state index contributed by atoms with van der Waals surface area (Å²) in [4.78, 5) is 37.7. The molecule has 3 aliphatic rings. The molecule has 12 heteroatoms. The fourth-order valence-corrected chi connectivity index (χ4v) is 5.47. The zero-order valence-electron chi connectivity index (χ0n) is 20.5. The Labute approximate surface area is 219 Å². The number of hydrogen-bond donors (Lipinski definition) is 1. The number of anilines is 3. The average Bonchev–Trinajstić information content (AvgIpc) is 3.23. The van der Waals surface area contributed by atoms with Crippen LogP contribution in [0.4, 0.5) is 39.1 Å². The number of halogens is 5. The maximum absolute atomic E-state index is 15.7. The number of carbonyl (C=O) groups excluding carboxylic acids is 2. The molecule has 3 aromatic rings. The van der Waals surface area contributed by atoms with Crippen molar-refractivity contribution in [1.82, 2.24) is 9.97 Å². The van der Waals surface area contributed by atoms with Gasteiger partial charge in [0.25, 0.3) is 12.3 Å². The zero-order valence-corrected chi connectivity index (χ0v) is 20.5. The molecule has 2 fully saturated rings. The average molecular weight is 543 g/mol. The minimum absolute atomic E-state index is 0.000480. The molecule has 0 radical (unpaired) electrons. The third kappa shape index (κ3) is 4.18. The Morgan fingerprint density at radius 3 is 2.51 bits per heavy atom. The monoisotopic (exact) mass is 543 g/mol. The Balaban J connectivity index is 1.36. The molecule has 39 heavy (non-hydrogen) atoms. The van der Waals surface area contributed by atoms with E-state index in [2.05, 4.69) is 15.3 Å². The van der Waals surface area contributed by atoms with Crippen molar-refractivity contribution in [2.24, 2.45) is 11.8 Å². The second-order valence-corrected chi connectivity index (χ2v) is 10.0. The summed E-state index contributed by atoms with van der Waals surface area (Å²) in [6.07, 6.45) is -1.19. The fraction of sp³-hybridized carbons (Fsp3) is 0.333. The van der Waals surface area contributed by atoms with Gasteiger partial charge in [-0.15, -0.1) is 0 Å². The van der Waals surface area contributed by atoms with Crippen LogP contribution in [0.1, 0.15) is 30.5 Å². The molecule has 1 aromatic carbocycles. The smallest absolute Gasteiger partial charge is 0.263 e. The quantitative estimate of drug-likeness (QED) is 0.362. The highest BCUT2D eigenvalue weighted by Crippen LogP contribution is 2.59. The van der Waals surface area contributed by atoms with Crippen LogP contribution in [0.2, 0.25) is 0 Å². The normalized spacial score (nSPS) is 22.7. The number of benzene rings is 1. The van der Waals surface area contributed by atoms with E-state index in [9.17, 15) is 27.2 Å².